The number of likely N-dealkylation sites (tertiary alicyclic amines) is 1. The van der Waals surface area contributed by atoms with E-state index in [0.29, 0.717) is 25.1 Å². The standard InChI is InChI=1S/C19H26FN3O4/c1-12(24)21-16-10-14(7-8-15(16)20)22-17(25)13-6-5-9-23(11-13)18(26)27-19(2,3)4/h7-8,10,13H,5-6,9,11H2,1-4H3,(H,21,24)(H,22,25). The molecule has 1 heterocycles. The molecule has 1 saturated heterocycles. The van der Waals surface area contributed by atoms with Crippen molar-refractivity contribution < 1.29 is 23.5 Å². The van der Waals surface area contributed by atoms with Gasteiger partial charge in [0, 0.05) is 25.7 Å². The molecule has 0 spiro atoms. The molecule has 0 aromatic heterocycles. The average Bonchev–Trinajstić information content (AvgIpc) is 2.56. The molecule has 1 aliphatic heterocycles. The monoisotopic (exact) mass is 379 g/mol. The van der Waals surface area contributed by atoms with Crippen LogP contribution in [0.5, 0.6) is 0 Å². The first-order valence-corrected chi connectivity index (χ1v) is 8.91. The summed E-state index contributed by atoms with van der Waals surface area (Å²) in [6.07, 6.45) is 0.901. The predicted molar refractivity (Wildman–Crippen MR) is 99.9 cm³/mol. The second kappa shape index (κ2) is 8.37. The Labute approximate surface area is 158 Å². The van der Waals surface area contributed by atoms with Crippen molar-refractivity contribution in [2.45, 2.75) is 46.1 Å². The number of halogens is 1. The lowest BCUT2D eigenvalue weighted by atomic mass is 9.97. The highest BCUT2D eigenvalue weighted by Gasteiger charge is 2.31. The SMILES string of the molecule is CC(=O)Nc1cc(NC(=O)C2CCCN(C(=O)OC(C)(C)C)C2)ccc1F. The van der Waals surface area contributed by atoms with E-state index in [4.69, 9.17) is 4.74 Å². The summed E-state index contributed by atoms with van der Waals surface area (Å²) < 4.78 is 19.1. The number of carbonyl (C=O) groups is 3. The van der Waals surface area contributed by atoms with Crippen LogP contribution in [0.15, 0.2) is 18.2 Å². The first-order valence-electron chi connectivity index (χ1n) is 8.91. The molecule has 0 aliphatic carbocycles. The summed E-state index contributed by atoms with van der Waals surface area (Å²) in [6, 6.07) is 3.96. The van der Waals surface area contributed by atoms with E-state index in [9.17, 15) is 18.8 Å². The van der Waals surface area contributed by atoms with E-state index in [-0.39, 0.29) is 24.1 Å². The van der Waals surface area contributed by atoms with Crippen molar-refractivity contribution in [3.05, 3.63) is 24.0 Å². The smallest absolute Gasteiger partial charge is 0.410 e. The number of rotatable bonds is 3. The fraction of sp³-hybridized carbons (Fsp3) is 0.526. The molecule has 1 fully saturated rings. The fourth-order valence-corrected chi connectivity index (χ4v) is 2.82. The van der Waals surface area contributed by atoms with Gasteiger partial charge in [0.1, 0.15) is 11.4 Å². The van der Waals surface area contributed by atoms with Crippen molar-refractivity contribution in [2.75, 3.05) is 23.7 Å². The van der Waals surface area contributed by atoms with Gasteiger partial charge in [-0.1, -0.05) is 0 Å². The molecule has 148 valence electrons. The normalized spacial score (nSPS) is 17.2. The Balaban J connectivity index is 2.01. The lowest BCUT2D eigenvalue weighted by molar-refractivity contribution is -0.121. The zero-order chi connectivity index (χ0) is 20.2. The average molecular weight is 379 g/mol. The van der Waals surface area contributed by atoms with Gasteiger partial charge in [-0.25, -0.2) is 9.18 Å². The van der Waals surface area contributed by atoms with Crippen molar-refractivity contribution in [1.29, 1.82) is 0 Å². The maximum atomic E-state index is 13.7. The third kappa shape index (κ3) is 6.23. The number of ether oxygens (including phenoxy) is 1. The summed E-state index contributed by atoms with van der Waals surface area (Å²) in [6.45, 7) is 7.46. The molecule has 8 heteroatoms. The molecule has 7 nitrogen and oxygen atoms in total. The van der Waals surface area contributed by atoms with Crippen molar-refractivity contribution >= 4 is 29.3 Å². The van der Waals surface area contributed by atoms with Gasteiger partial charge in [0.05, 0.1) is 11.6 Å². The zero-order valence-electron chi connectivity index (χ0n) is 16.1. The molecule has 2 rings (SSSR count). The number of nitrogens with zero attached hydrogens (tertiary/aromatic N) is 1. The second-order valence-electron chi connectivity index (χ2n) is 7.63. The van der Waals surface area contributed by atoms with Gasteiger partial charge in [-0.05, 0) is 51.8 Å². The van der Waals surface area contributed by atoms with Crippen LogP contribution >= 0.6 is 0 Å². The van der Waals surface area contributed by atoms with Crippen LogP contribution in [-0.4, -0.2) is 41.5 Å². The molecule has 2 N–H and O–H groups in total. The Morgan fingerprint density at radius 1 is 1.22 bits per heavy atom. The lowest BCUT2D eigenvalue weighted by Crippen LogP contribution is -2.45. The van der Waals surface area contributed by atoms with E-state index in [0.717, 1.165) is 0 Å². The Morgan fingerprint density at radius 3 is 2.56 bits per heavy atom. The highest BCUT2D eigenvalue weighted by atomic mass is 19.1. The largest absolute Gasteiger partial charge is 0.444 e. The van der Waals surface area contributed by atoms with Crippen LogP contribution in [0.3, 0.4) is 0 Å². The Kier molecular flexibility index (Phi) is 6.41. The number of carbonyl (C=O) groups excluding carboxylic acids is 3. The van der Waals surface area contributed by atoms with Crippen LogP contribution in [0.25, 0.3) is 0 Å². The van der Waals surface area contributed by atoms with E-state index in [1.54, 1.807) is 20.8 Å². The van der Waals surface area contributed by atoms with Crippen LogP contribution in [0.4, 0.5) is 20.6 Å². The minimum Gasteiger partial charge on any atom is -0.444 e. The molecule has 3 amide bonds. The fourth-order valence-electron chi connectivity index (χ4n) is 2.82. The quantitative estimate of drug-likeness (QED) is 0.843. The van der Waals surface area contributed by atoms with Gasteiger partial charge in [0.2, 0.25) is 11.8 Å². The molecule has 1 aliphatic rings. The molecule has 1 aromatic rings. The van der Waals surface area contributed by atoms with Crippen molar-refractivity contribution in [3.63, 3.8) is 0 Å². The summed E-state index contributed by atoms with van der Waals surface area (Å²) in [7, 11) is 0. The number of hydrogen-bond donors (Lipinski definition) is 2. The van der Waals surface area contributed by atoms with E-state index in [1.165, 1.54) is 30.0 Å². The topological polar surface area (TPSA) is 87.7 Å². The van der Waals surface area contributed by atoms with Crippen molar-refractivity contribution in [1.82, 2.24) is 4.90 Å². The number of piperidine rings is 1. The van der Waals surface area contributed by atoms with E-state index < -0.39 is 23.4 Å². The van der Waals surface area contributed by atoms with Crippen molar-refractivity contribution in [2.24, 2.45) is 5.92 Å². The number of amides is 3. The molecular formula is C19H26FN3O4. The Morgan fingerprint density at radius 2 is 1.93 bits per heavy atom. The number of nitrogens with one attached hydrogen (secondary N) is 2. The molecule has 0 radical (unpaired) electrons. The molecule has 0 saturated carbocycles. The molecule has 0 bridgehead atoms. The van der Waals surface area contributed by atoms with Crippen LogP contribution in [0.1, 0.15) is 40.5 Å². The number of hydrogen-bond acceptors (Lipinski definition) is 4. The van der Waals surface area contributed by atoms with E-state index in [2.05, 4.69) is 10.6 Å². The third-order valence-electron chi connectivity index (χ3n) is 3.99. The minimum absolute atomic E-state index is 0.000624. The van der Waals surface area contributed by atoms with Crippen LogP contribution in [0.2, 0.25) is 0 Å². The predicted octanol–water partition coefficient (Wildman–Crippen LogP) is 3.37. The maximum Gasteiger partial charge on any atom is 0.410 e. The summed E-state index contributed by atoms with van der Waals surface area (Å²) >= 11 is 0. The van der Waals surface area contributed by atoms with Gasteiger partial charge >= 0.3 is 6.09 Å². The summed E-state index contributed by atoms with van der Waals surface area (Å²) in [5.74, 6) is -1.64. The molecular weight excluding hydrogens is 353 g/mol. The molecule has 27 heavy (non-hydrogen) atoms. The highest BCUT2D eigenvalue weighted by Crippen LogP contribution is 2.23. The zero-order valence-corrected chi connectivity index (χ0v) is 16.1. The second-order valence-corrected chi connectivity index (χ2v) is 7.63. The van der Waals surface area contributed by atoms with Crippen molar-refractivity contribution in [3.8, 4) is 0 Å². The van der Waals surface area contributed by atoms with Gasteiger partial charge in [-0.2, -0.15) is 0 Å². The molecule has 1 atom stereocenters. The summed E-state index contributed by atoms with van der Waals surface area (Å²) in [5, 5.41) is 5.10. The summed E-state index contributed by atoms with van der Waals surface area (Å²) in [5.41, 5.74) is -0.223. The Hall–Kier alpha value is -2.64. The first-order chi connectivity index (χ1) is 12.5. The molecule has 1 aromatic carbocycles. The van der Waals surface area contributed by atoms with Gasteiger partial charge in [-0.3, -0.25) is 9.59 Å². The molecule has 1 unspecified atom stereocenters. The van der Waals surface area contributed by atoms with Crippen LogP contribution < -0.4 is 10.6 Å². The Bertz CT molecular complexity index is 730. The van der Waals surface area contributed by atoms with E-state index >= 15 is 0 Å². The third-order valence-corrected chi connectivity index (χ3v) is 3.99. The lowest BCUT2D eigenvalue weighted by Gasteiger charge is -2.33. The van der Waals surface area contributed by atoms with Gasteiger partial charge in [-0.15, -0.1) is 0 Å². The minimum atomic E-state index is -0.597. The van der Waals surface area contributed by atoms with Gasteiger partial charge in [0.15, 0.2) is 0 Å². The first kappa shape index (κ1) is 20.7. The van der Waals surface area contributed by atoms with Crippen LogP contribution in [-0.2, 0) is 14.3 Å². The van der Waals surface area contributed by atoms with Gasteiger partial charge < -0.3 is 20.3 Å². The number of benzene rings is 1. The maximum absolute atomic E-state index is 13.7. The van der Waals surface area contributed by atoms with Crippen LogP contribution in [0, 0.1) is 11.7 Å². The van der Waals surface area contributed by atoms with E-state index in [1.807, 2.05) is 0 Å². The highest BCUT2D eigenvalue weighted by molar-refractivity contribution is 5.95. The van der Waals surface area contributed by atoms with Gasteiger partial charge in [0.25, 0.3) is 0 Å². The number of anilines is 2. The summed E-state index contributed by atoms with van der Waals surface area (Å²) in [4.78, 5) is 37.4.